The molecule has 162 valence electrons. The van der Waals surface area contributed by atoms with E-state index in [2.05, 4.69) is 49.1 Å². The van der Waals surface area contributed by atoms with Gasteiger partial charge in [0.15, 0.2) is 0 Å². The van der Waals surface area contributed by atoms with Crippen LogP contribution < -0.4 is 4.74 Å². The van der Waals surface area contributed by atoms with Gasteiger partial charge in [-0.1, -0.05) is 42.3 Å². The summed E-state index contributed by atoms with van der Waals surface area (Å²) in [6.45, 7) is 7.56. The average Bonchev–Trinajstić information content (AvgIpc) is 3.38. The molecule has 1 atom stereocenters. The molecule has 1 unspecified atom stereocenters. The van der Waals surface area contributed by atoms with Crippen molar-refractivity contribution >= 4 is 5.91 Å². The zero-order valence-corrected chi connectivity index (χ0v) is 18.4. The Morgan fingerprint density at radius 3 is 2.71 bits per heavy atom. The van der Waals surface area contributed by atoms with Crippen molar-refractivity contribution in [1.82, 2.24) is 15.0 Å². The summed E-state index contributed by atoms with van der Waals surface area (Å²) >= 11 is 0. The van der Waals surface area contributed by atoms with Crippen molar-refractivity contribution in [2.45, 2.75) is 59.0 Å². The molecule has 1 amide bonds. The number of rotatable bonds is 8. The molecule has 6 heteroatoms. The summed E-state index contributed by atoms with van der Waals surface area (Å²) in [5, 5.41) is 4.17. The van der Waals surface area contributed by atoms with Gasteiger partial charge in [0.05, 0.1) is 6.61 Å². The molecule has 2 aromatic carbocycles. The Bertz CT molecular complexity index is 1040. The largest absolute Gasteiger partial charge is 0.494 e. The second kappa shape index (κ2) is 9.33. The van der Waals surface area contributed by atoms with Crippen molar-refractivity contribution in [2.75, 3.05) is 6.61 Å². The third kappa shape index (κ3) is 4.79. The van der Waals surface area contributed by atoms with Gasteiger partial charge in [0.2, 0.25) is 17.6 Å². The highest BCUT2D eigenvalue weighted by Gasteiger charge is 2.36. The summed E-state index contributed by atoms with van der Waals surface area (Å²) in [5.41, 5.74) is 4.41. The van der Waals surface area contributed by atoms with E-state index in [9.17, 15) is 4.79 Å². The number of amides is 1. The summed E-state index contributed by atoms with van der Waals surface area (Å²) in [4.78, 5) is 19.1. The SMILES string of the molecule is CCCCOc1ccc(-c2noc(C3CCC(=O)N3Cc3ccc(C)cc3C)n2)cc1. The molecular weight excluding hydrogens is 390 g/mol. The number of hydrogen-bond donors (Lipinski definition) is 0. The van der Waals surface area contributed by atoms with Crippen LogP contribution in [0.4, 0.5) is 0 Å². The smallest absolute Gasteiger partial charge is 0.249 e. The fourth-order valence-electron chi connectivity index (χ4n) is 3.92. The van der Waals surface area contributed by atoms with Gasteiger partial charge in [-0.05, 0) is 62.1 Å². The highest BCUT2D eigenvalue weighted by atomic mass is 16.5. The van der Waals surface area contributed by atoms with Gasteiger partial charge in [-0.25, -0.2) is 0 Å². The molecular formula is C25H29N3O3. The van der Waals surface area contributed by atoms with Gasteiger partial charge in [-0.3, -0.25) is 4.79 Å². The Kier molecular flexibility index (Phi) is 6.35. The molecule has 4 rings (SSSR count). The van der Waals surface area contributed by atoms with Crippen LogP contribution in [0, 0.1) is 13.8 Å². The lowest BCUT2D eigenvalue weighted by atomic mass is 10.0. The van der Waals surface area contributed by atoms with Gasteiger partial charge in [-0.2, -0.15) is 4.98 Å². The number of carbonyl (C=O) groups excluding carboxylic acids is 1. The molecule has 31 heavy (non-hydrogen) atoms. The summed E-state index contributed by atoms with van der Waals surface area (Å²) < 4.78 is 11.3. The third-order valence-electron chi connectivity index (χ3n) is 5.77. The minimum absolute atomic E-state index is 0.123. The van der Waals surface area contributed by atoms with Gasteiger partial charge in [0.1, 0.15) is 11.8 Å². The second-order valence-corrected chi connectivity index (χ2v) is 8.19. The van der Waals surface area contributed by atoms with E-state index in [4.69, 9.17) is 9.26 Å². The van der Waals surface area contributed by atoms with E-state index in [0.29, 0.717) is 37.7 Å². The fourth-order valence-corrected chi connectivity index (χ4v) is 3.92. The molecule has 3 aromatic rings. The van der Waals surface area contributed by atoms with Gasteiger partial charge >= 0.3 is 0 Å². The first kappa shape index (κ1) is 21.1. The number of carbonyl (C=O) groups is 1. The van der Waals surface area contributed by atoms with Gasteiger partial charge in [0, 0.05) is 18.5 Å². The lowest BCUT2D eigenvalue weighted by Crippen LogP contribution is -2.27. The van der Waals surface area contributed by atoms with Gasteiger partial charge < -0.3 is 14.2 Å². The maximum Gasteiger partial charge on any atom is 0.249 e. The topological polar surface area (TPSA) is 68.5 Å². The Labute approximate surface area is 183 Å². The van der Waals surface area contributed by atoms with Crippen LogP contribution in [-0.2, 0) is 11.3 Å². The van der Waals surface area contributed by atoms with Crippen LogP contribution in [-0.4, -0.2) is 27.6 Å². The number of benzene rings is 2. The lowest BCUT2D eigenvalue weighted by Gasteiger charge is -2.23. The molecule has 0 radical (unpaired) electrons. The van der Waals surface area contributed by atoms with Crippen LogP contribution in [0.15, 0.2) is 47.0 Å². The number of ether oxygens (including phenoxy) is 1. The van der Waals surface area contributed by atoms with Crippen LogP contribution in [0.2, 0.25) is 0 Å². The Hall–Kier alpha value is -3.15. The molecule has 6 nitrogen and oxygen atoms in total. The Balaban J connectivity index is 1.49. The first-order valence-electron chi connectivity index (χ1n) is 11.0. The maximum absolute atomic E-state index is 12.6. The van der Waals surface area contributed by atoms with E-state index in [1.54, 1.807) is 0 Å². The van der Waals surface area contributed by atoms with Crippen molar-refractivity contribution in [3.63, 3.8) is 0 Å². The normalized spacial score (nSPS) is 16.2. The molecule has 1 fully saturated rings. The van der Waals surface area contributed by atoms with Crippen molar-refractivity contribution < 1.29 is 14.1 Å². The molecule has 1 aliphatic rings. The van der Waals surface area contributed by atoms with E-state index >= 15 is 0 Å². The average molecular weight is 420 g/mol. The van der Waals surface area contributed by atoms with Crippen molar-refractivity contribution in [1.29, 1.82) is 0 Å². The van der Waals surface area contributed by atoms with E-state index in [1.807, 2.05) is 29.2 Å². The molecule has 0 N–H and O–H groups in total. The van der Waals surface area contributed by atoms with Gasteiger partial charge in [-0.15, -0.1) is 0 Å². The number of aryl methyl sites for hydroxylation is 2. The third-order valence-corrected chi connectivity index (χ3v) is 5.77. The number of likely N-dealkylation sites (tertiary alicyclic amines) is 1. The highest BCUT2D eigenvalue weighted by Crippen LogP contribution is 2.34. The molecule has 0 aliphatic carbocycles. The van der Waals surface area contributed by atoms with Crippen LogP contribution >= 0.6 is 0 Å². The number of nitrogens with zero attached hydrogens (tertiary/aromatic N) is 3. The Morgan fingerprint density at radius 2 is 1.97 bits per heavy atom. The lowest BCUT2D eigenvalue weighted by molar-refractivity contribution is -0.130. The number of unbranched alkanes of at least 4 members (excludes halogenated alkanes) is 1. The monoisotopic (exact) mass is 419 g/mol. The van der Waals surface area contributed by atoms with E-state index in [1.165, 1.54) is 11.1 Å². The van der Waals surface area contributed by atoms with Crippen LogP contribution in [0.5, 0.6) is 5.75 Å². The first-order valence-corrected chi connectivity index (χ1v) is 11.0. The molecule has 0 bridgehead atoms. The quantitative estimate of drug-likeness (QED) is 0.458. The fraction of sp³-hybridized carbons (Fsp3) is 0.400. The molecule has 1 saturated heterocycles. The summed E-state index contributed by atoms with van der Waals surface area (Å²) in [5.74, 6) is 1.98. The zero-order valence-electron chi connectivity index (χ0n) is 18.4. The standard InChI is InChI=1S/C25H29N3O3/c1-4-5-14-30-21-10-8-19(9-11-21)24-26-25(31-27-24)22-12-13-23(29)28(22)16-20-7-6-17(2)15-18(20)3/h6-11,15,22H,4-5,12-14,16H2,1-3H3. The summed E-state index contributed by atoms with van der Waals surface area (Å²) in [6.07, 6.45) is 3.33. The Morgan fingerprint density at radius 1 is 1.16 bits per heavy atom. The minimum atomic E-state index is -0.189. The summed E-state index contributed by atoms with van der Waals surface area (Å²) in [6, 6.07) is 13.8. The molecule has 0 spiro atoms. The van der Waals surface area contributed by atoms with Crippen LogP contribution in [0.3, 0.4) is 0 Å². The van der Waals surface area contributed by atoms with E-state index in [0.717, 1.165) is 29.7 Å². The predicted octanol–water partition coefficient (Wildman–Crippen LogP) is 5.40. The zero-order chi connectivity index (χ0) is 21.8. The molecule has 0 saturated carbocycles. The summed E-state index contributed by atoms with van der Waals surface area (Å²) in [7, 11) is 0. The van der Waals surface area contributed by atoms with Crippen LogP contribution in [0.25, 0.3) is 11.4 Å². The second-order valence-electron chi connectivity index (χ2n) is 8.19. The van der Waals surface area contributed by atoms with E-state index in [-0.39, 0.29) is 11.9 Å². The van der Waals surface area contributed by atoms with Crippen molar-refractivity contribution in [2.24, 2.45) is 0 Å². The highest BCUT2D eigenvalue weighted by molar-refractivity contribution is 5.79. The van der Waals surface area contributed by atoms with Crippen LogP contribution in [0.1, 0.15) is 61.2 Å². The first-order chi connectivity index (χ1) is 15.0. The van der Waals surface area contributed by atoms with E-state index < -0.39 is 0 Å². The molecule has 1 aliphatic heterocycles. The minimum Gasteiger partial charge on any atom is -0.494 e. The maximum atomic E-state index is 12.6. The van der Waals surface area contributed by atoms with Gasteiger partial charge in [0.25, 0.3) is 0 Å². The number of hydrogen-bond acceptors (Lipinski definition) is 5. The molecule has 1 aromatic heterocycles. The van der Waals surface area contributed by atoms with Crippen molar-refractivity contribution in [3.05, 3.63) is 65.0 Å². The molecule has 2 heterocycles. The predicted molar refractivity (Wildman–Crippen MR) is 119 cm³/mol. The van der Waals surface area contributed by atoms with Crippen molar-refractivity contribution in [3.8, 4) is 17.1 Å². The number of aromatic nitrogens is 2.